The Morgan fingerprint density at radius 3 is 1.29 bits per heavy atom. The largest absolute Gasteiger partial charge is 0.460 e. The third-order valence-electron chi connectivity index (χ3n) is 5.75. The molecule has 1 aromatic rings. The van der Waals surface area contributed by atoms with Gasteiger partial charge in [-0.2, -0.15) is 79.9 Å². The maximum atomic E-state index is 14.2. The van der Waals surface area contributed by atoms with Gasteiger partial charge in [-0.25, -0.2) is 0 Å². The van der Waals surface area contributed by atoms with Crippen molar-refractivity contribution in [1.82, 2.24) is 4.90 Å². The van der Waals surface area contributed by atoms with Crippen molar-refractivity contribution < 1.29 is 84.2 Å². The van der Waals surface area contributed by atoms with Gasteiger partial charge >= 0.3 is 47.6 Å². The molecule has 21 heteroatoms. The molecule has 0 aromatic heterocycles. The Labute approximate surface area is 215 Å². The van der Waals surface area contributed by atoms with E-state index in [9.17, 15) is 84.2 Å². The van der Waals surface area contributed by atoms with Crippen LogP contribution in [0.2, 0.25) is 0 Å². The molecule has 2 rings (SSSR count). The number of hydrogen-bond donors (Lipinski definition) is 0. The van der Waals surface area contributed by atoms with Gasteiger partial charge in [-0.1, -0.05) is 12.1 Å². The summed E-state index contributed by atoms with van der Waals surface area (Å²) in [4.78, 5) is 24.4. The highest BCUT2D eigenvalue weighted by atomic mass is 19.4. The lowest BCUT2D eigenvalue weighted by molar-refractivity contribution is -0.462. The van der Waals surface area contributed by atoms with E-state index in [-0.39, 0.29) is 4.90 Å². The number of carbonyl (C=O) groups excluding carboxylic acids is 2. The van der Waals surface area contributed by atoms with Crippen molar-refractivity contribution >= 4 is 11.8 Å². The fourth-order valence-electron chi connectivity index (χ4n) is 3.41. The van der Waals surface area contributed by atoms with Crippen molar-refractivity contribution in [3.8, 4) is 6.07 Å². The summed E-state index contributed by atoms with van der Waals surface area (Å²) in [6.07, 6.45) is -10.9. The number of carbonyl (C=O) groups is 2. The van der Waals surface area contributed by atoms with Crippen molar-refractivity contribution in [2.24, 2.45) is 5.92 Å². The minimum atomic E-state index is -8.77. The van der Waals surface area contributed by atoms with Crippen LogP contribution in [-0.4, -0.2) is 70.9 Å². The molecule has 0 saturated carbocycles. The average molecular weight is 632 g/mol. The van der Waals surface area contributed by atoms with Crippen LogP contribution in [0.5, 0.6) is 0 Å². The Balaban J connectivity index is 2.45. The lowest BCUT2D eigenvalue weighted by Crippen LogP contribution is -2.74. The topological polar surface area (TPSA) is 61.2 Å². The van der Waals surface area contributed by atoms with Crippen molar-refractivity contribution in [3.63, 3.8) is 0 Å². The normalized spacial score (nSPS) is 17.0. The lowest BCUT2D eigenvalue weighted by atomic mass is 9.86. The molecule has 0 saturated heterocycles. The number of halogens is 17. The first kappa shape index (κ1) is 33.9. The quantitative estimate of drug-likeness (QED) is 0.210. The van der Waals surface area contributed by atoms with Crippen LogP contribution < -0.4 is 0 Å². The zero-order valence-electron chi connectivity index (χ0n) is 18.9. The van der Waals surface area contributed by atoms with Gasteiger partial charge < -0.3 is 0 Å². The second-order valence-electron chi connectivity index (χ2n) is 8.45. The van der Waals surface area contributed by atoms with Crippen LogP contribution >= 0.6 is 0 Å². The molecule has 1 aromatic carbocycles. The van der Waals surface area contributed by atoms with E-state index in [0.717, 1.165) is 18.2 Å². The maximum absolute atomic E-state index is 14.2. The number of nitriles is 1. The summed E-state index contributed by atoms with van der Waals surface area (Å²) in [5, 5.41) is 8.95. The van der Waals surface area contributed by atoms with Crippen molar-refractivity contribution in [2.75, 3.05) is 6.54 Å². The molecule has 0 fully saturated rings. The van der Waals surface area contributed by atoms with E-state index in [1.54, 1.807) is 0 Å². The Morgan fingerprint density at radius 1 is 0.610 bits per heavy atom. The molecule has 0 N–H and O–H groups in total. The number of amides is 2. The average Bonchev–Trinajstić information content (AvgIpc) is 3.06. The highest BCUT2D eigenvalue weighted by Gasteiger charge is 2.95. The summed E-state index contributed by atoms with van der Waals surface area (Å²) in [7, 11) is 0. The number of nitrogens with zero attached hydrogens (tertiary/aromatic N) is 2. The fourth-order valence-corrected chi connectivity index (χ4v) is 3.41. The fraction of sp³-hybridized carbons (Fsp3) is 0.550. The summed E-state index contributed by atoms with van der Waals surface area (Å²) in [6, 6.07) is 5.05. The van der Waals surface area contributed by atoms with Crippen LogP contribution in [0.25, 0.3) is 0 Å². The summed E-state index contributed by atoms with van der Waals surface area (Å²) < 4.78 is 228. The number of hydrogen-bond acceptors (Lipinski definition) is 3. The Hall–Kier alpha value is -3.34. The van der Waals surface area contributed by atoms with Gasteiger partial charge in [0.15, 0.2) is 0 Å². The predicted molar refractivity (Wildman–Crippen MR) is 96.2 cm³/mol. The van der Waals surface area contributed by atoms with Gasteiger partial charge in [0, 0.05) is 13.0 Å². The lowest BCUT2D eigenvalue weighted by Gasteiger charge is -2.43. The molecule has 230 valence electrons. The molecule has 1 unspecified atom stereocenters. The first-order chi connectivity index (χ1) is 18.1. The second kappa shape index (κ2) is 9.61. The highest BCUT2D eigenvalue weighted by Crippen LogP contribution is 2.64. The van der Waals surface area contributed by atoms with Crippen LogP contribution in [0.4, 0.5) is 74.6 Å². The molecule has 4 nitrogen and oxygen atoms in total. The van der Waals surface area contributed by atoms with Crippen molar-refractivity contribution in [2.45, 2.75) is 54.1 Å². The number of alkyl halides is 17. The molecule has 1 aliphatic rings. The zero-order valence-corrected chi connectivity index (χ0v) is 18.9. The molecule has 1 aliphatic heterocycles. The summed E-state index contributed by atoms with van der Waals surface area (Å²) >= 11 is 0. The van der Waals surface area contributed by atoms with Gasteiger partial charge in [0.25, 0.3) is 11.8 Å². The SMILES string of the molecule is N#CC(CN1C(=O)c2ccccc2C1=O)CC(F)(F)C(F)(F)C(F)(F)C(F)(F)C(F)(F)C(F)(F)C(F)(F)C(F)(F)F. The highest BCUT2D eigenvalue weighted by molar-refractivity contribution is 6.21. The monoisotopic (exact) mass is 632 g/mol. The van der Waals surface area contributed by atoms with E-state index in [0.29, 0.717) is 0 Å². The second-order valence-corrected chi connectivity index (χ2v) is 8.45. The number of fused-ring (bicyclic) bond motifs is 1. The van der Waals surface area contributed by atoms with E-state index in [4.69, 9.17) is 5.26 Å². The minimum absolute atomic E-state index is 0.0482. The third-order valence-corrected chi connectivity index (χ3v) is 5.75. The molecule has 41 heavy (non-hydrogen) atoms. The summed E-state index contributed by atoms with van der Waals surface area (Å²) in [5.41, 5.74) is -0.840. The van der Waals surface area contributed by atoms with E-state index in [2.05, 4.69) is 0 Å². The molecule has 0 radical (unpaired) electrons. The van der Waals surface area contributed by atoms with E-state index >= 15 is 0 Å². The van der Waals surface area contributed by atoms with E-state index < -0.39 is 89.5 Å². The molecule has 1 atom stereocenters. The Morgan fingerprint density at radius 2 is 0.951 bits per heavy atom. The van der Waals surface area contributed by atoms with Crippen LogP contribution in [-0.2, 0) is 0 Å². The molecule has 0 spiro atoms. The van der Waals surface area contributed by atoms with Gasteiger partial charge in [0.1, 0.15) is 0 Å². The number of benzene rings is 1. The van der Waals surface area contributed by atoms with Crippen molar-refractivity contribution in [1.29, 1.82) is 5.26 Å². The van der Waals surface area contributed by atoms with E-state index in [1.807, 2.05) is 0 Å². The molecule has 2 amide bonds. The van der Waals surface area contributed by atoms with Gasteiger partial charge in [0.05, 0.1) is 23.1 Å². The summed E-state index contributed by atoms with van der Waals surface area (Å²) in [6.45, 7) is -1.62. The van der Waals surface area contributed by atoms with Gasteiger partial charge in [-0.3, -0.25) is 14.5 Å². The molecule has 0 aliphatic carbocycles. The van der Waals surface area contributed by atoms with Crippen LogP contribution in [0, 0.1) is 17.2 Å². The predicted octanol–water partition coefficient (Wildman–Crippen LogP) is 6.82. The van der Waals surface area contributed by atoms with Crippen molar-refractivity contribution in [3.05, 3.63) is 35.4 Å². The Bertz CT molecular complexity index is 1210. The first-order valence-electron chi connectivity index (χ1n) is 10.1. The van der Waals surface area contributed by atoms with Crippen LogP contribution in [0.1, 0.15) is 27.1 Å². The van der Waals surface area contributed by atoms with E-state index in [1.165, 1.54) is 12.1 Å². The molecule has 1 heterocycles. The maximum Gasteiger partial charge on any atom is 0.460 e. The first-order valence-corrected chi connectivity index (χ1v) is 10.1. The molecular weight excluding hydrogens is 623 g/mol. The molecular formula is C20H9F17N2O2. The van der Waals surface area contributed by atoms with Gasteiger partial charge in [-0.15, -0.1) is 0 Å². The van der Waals surface area contributed by atoms with Gasteiger partial charge in [0.2, 0.25) is 0 Å². The smallest absolute Gasteiger partial charge is 0.273 e. The van der Waals surface area contributed by atoms with Gasteiger partial charge in [-0.05, 0) is 12.1 Å². The zero-order chi connectivity index (χ0) is 32.4. The Kier molecular flexibility index (Phi) is 7.93. The number of rotatable bonds is 10. The minimum Gasteiger partial charge on any atom is -0.273 e. The number of imide groups is 1. The molecule has 0 bridgehead atoms. The van der Waals surface area contributed by atoms with Crippen LogP contribution in [0.3, 0.4) is 0 Å². The van der Waals surface area contributed by atoms with Crippen LogP contribution in [0.15, 0.2) is 24.3 Å². The standard InChI is InChI=1S/C20H9F17N2O2/c21-13(22,5-8(6-38)7-39-11(40)9-3-1-2-4-10(9)12(39)41)14(23,24)15(25,26)16(27,28)17(29,30)18(31,32)19(33,34)20(35,36)37/h1-4,8H,5,7H2. The third kappa shape index (κ3) is 4.62. The summed E-state index contributed by atoms with van der Waals surface area (Å²) in [5.74, 6) is -63.3.